The van der Waals surface area contributed by atoms with Gasteiger partial charge in [0.2, 0.25) is 0 Å². The third kappa shape index (κ3) is 6.16. The molecule has 0 fully saturated rings. The Kier molecular flexibility index (Phi) is 9.38. The molecule has 1 aliphatic rings. The molecule has 3 rings (SSSR count). The van der Waals surface area contributed by atoms with Crippen molar-refractivity contribution < 1.29 is 4.52 Å². The van der Waals surface area contributed by atoms with Crippen molar-refractivity contribution in [2.24, 2.45) is 4.99 Å². The molecule has 3 heterocycles. The first-order valence-corrected chi connectivity index (χ1v) is 10.6. The van der Waals surface area contributed by atoms with Gasteiger partial charge in [0.15, 0.2) is 17.5 Å². The zero-order valence-corrected chi connectivity index (χ0v) is 20.3. The maximum atomic E-state index is 5.49. The molecule has 0 saturated heterocycles. The summed E-state index contributed by atoms with van der Waals surface area (Å²) in [6, 6.07) is 2.32. The van der Waals surface area contributed by atoms with Gasteiger partial charge in [-0.15, -0.1) is 24.0 Å². The number of halogens is 1. The molecule has 0 spiro atoms. The topological polar surface area (TPSA) is 93.2 Å². The highest BCUT2D eigenvalue weighted by molar-refractivity contribution is 14.0. The van der Waals surface area contributed by atoms with Crippen molar-refractivity contribution in [2.75, 3.05) is 6.54 Å². The van der Waals surface area contributed by atoms with Crippen LogP contribution in [-0.4, -0.2) is 38.5 Å². The van der Waals surface area contributed by atoms with Crippen molar-refractivity contribution in [3.8, 4) is 0 Å². The van der Waals surface area contributed by atoms with Gasteiger partial charge in [-0.3, -0.25) is 0 Å². The van der Waals surface area contributed by atoms with E-state index < -0.39 is 0 Å². The Balaban J connectivity index is 0.00000300. The van der Waals surface area contributed by atoms with E-state index in [4.69, 9.17) is 9.52 Å². The molecule has 0 amide bonds. The maximum Gasteiger partial charge on any atom is 0.191 e. The predicted molar refractivity (Wildman–Crippen MR) is 125 cm³/mol. The first-order valence-electron chi connectivity index (χ1n) is 10.6. The number of nitrogens with one attached hydrogen (secondary N) is 2. The van der Waals surface area contributed by atoms with Crippen LogP contribution in [0.4, 0.5) is 0 Å². The van der Waals surface area contributed by atoms with Crippen LogP contribution in [0, 0.1) is 0 Å². The summed E-state index contributed by atoms with van der Waals surface area (Å²) in [7, 11) is 0. The summed E-state index contributed by atoms with van der Waals surface area (Å²) >= 11 is 0. The number of nitrogens with zero attached hydrogens (tertiary/aromatic N) is 5. The molecule has 0 radical (unpaired) electrons. The van der Waals surface area contributed by atoms with Crippen molar-refractivity contribution in [3.63, 3.8) is 0 Å². The number of aryl methyl sites for hydroxylation is 2. The minimum atomic E-state index is 0. The van der Waals surface area contributed by atoms with Gasteiger partial charge < -0.3 is 15.2 Å². The largest absolute Gasteiger partial charge is 0.359 e. The molecule has 9 heteroatoms. The van der Waals surface area contributed by atoms with E-state index in [0.29, 0.717) is 12.5 Å². The second kappa shape index (κ2) is 11.5. The Labute approximate surface area is 190 Å². The summed E-state index contributed by atoms with van der Waals surface area (Å²) in [4.78, 5) is 9.28. The molecule has 0 aromatic carbocycles. The molecule has 2 aromatic heterocycles. The summed E-state index contributed by atoms with van der Waals surface area (Å²) in [5, 5.41) is 15.7. The van der Waals surface area contributed by atoms with Gasteiger partial charge in [0, 0.05) is 37.4 Å². The van der Waals surface area contributed by atoms with Crippen LogP contribution in [0.3, 0.4) is 0 Å². The van der Waals surface area contributed by atoms with Gasteiger partial charge in [0.05, 0.1) is 12.2 Å². The number of aromatic nitrogens is 4. The fourth-order valence-electron chi connectivity index (χ4n) is 3.60. The average Bonchev–Trinajstić information content (AvgIpc) is 3.33. The van der Waals surface area contributed by atoms with Crippen LogP contribution in [0.5, 0.6) is 0 Å². The SMILES string of the molecule is CCNC(=NCc1cc(C(CC)CC)no1)NC1CCc2nc(CC)nn2C1.I. The van der Waals surface area contributed by atoms with E-state index in [9.17, 15) is 0 Å². The molecule has 162 valence electrons. The van der Waals surface area contributed by atoms with Gasteiger partial charge in [-0.2, -0.15) is 5.10 Å². The number of hydrogen-bond donors (Lipinski definition) is 2. The molecule has 0 saturated carbocycles. The predicted octanol–water partition coefficient (Wildman–Crippen LogP) is 3.42. The molecule has 1 atom stereocenters. The first-order chi connectivity index (χ1) is 13.7. The van der Waals surface area contributed by atoms with Gasteiger partial charge in [-0.1, -0.05) is 25.9 Å². The van der Waals surface area contributed by atoms with Crippen LogP contribution < -0.4 is 10.6 Å². The normalized spacial score (nSPS) is 16.4. The quantitative estimate of drug-likeness (QED) is 0.318. The van der Waals surface area contributed by atoms with Crippen molar-refractivity contribution in [1.82, 2.24) is 30.6 Å². The minimum absolute atomic E-state index is 0. The van der Waals surface area contributed by atoms with Crippen LogP contribution in [0.1, 0.15) is 76.0 Å². The zero-order valence-electron chi connectivity index (χ0n) is 17.9. The number of hydrogen-bond acceptors (Lipinski definition) is 5. The summed E-state index contributed by atoms with van der Waals surface area (Å²) in [5.74, 6) is 4.07. The van der Waals surface area contributed by atoms with Crippen LogP contribution in [-0.2, 0) is 25.9 Å². The van der Waals surface area contributed by atoms with Crippen LogP contribution >= 0.6 is 24.0 Å². The highest BCUT2D eigenvalue weighted by Gasteiger charge is 2.22. The van der Waals surface area contributed by atoms with E-state index in [1.54, 1.807) is 0 Å². The van der Waals surface area contributed by atoms with Crippen molar-refractivity contribution in [3.05, 3.63) is 29.2 Å². The van der Waals surface area contributed by atoms with Gasteiger partial charge >= 0.3 is 0 Å². The minimum Gasteiger partial charge on any atom is -0.359 e. The lowest BCUT2D eigenvalue weighted by molar-refractivity contribution is 0.371. The smallest absolute Gasteiger partial charge is 0.191 e. The van der Waals surface area contributed by atoms with Crippen molar-refractivity contribution >= 4 is 29.9 Å². The summed E-state index contributed by atoms with van der Waals surface area (Å²) < 4.78 is 7.52. The Bertz CT molecular complexity index is 782. The molecule has 8 nitrogen and oxygen atoms in total. The Morgan fingerprint density at radius 3 is 2.79 bits per heavy atom. The summed E-state index contributed by atoms with van der Waals surface area (Å²) in [6.07, 6.45) is 4.97. The summed E-state index contributed by atoms with van der Waals surface area (Å²) in [6.45, 7) is 10.6. The molecular formula is C20H34IN7O. The van der Waals surface area contributed by atoms with Crippen molar-refractivity contribution in [1.29, 1.82) is 0 Å². The maximum absolute atomic E-state index is 5.49. The van der Waals surface area contributed by atoms with E-state index in [-0.39, 0.29) is 30.0 Å². The molecule has 2 aromatic rings. The monoisotopic (exact) mass is 515 g/mol. The van der Waals surface area contributed by atoms with Gasteiger partial charge in [0.1, 0.15) is 12.4 Å². The first kappa shape index (κ1) is 23.6. The molecule has 0 aliphatic carbocycles. The standard InChI is InChI=1S/C20H33N7O.HI/c1-5-14(6-2)17-11-16(28-26-17)12-22-20(21-8-4)23-15-9-10-19-24-18(7-3)25-27(19)13-15;/h11,14-15H,5-10,12-13H2,1-4H3,(H2,21,22,23);1H. The second-order valence-electron chi connectivity index (χ2n) is 7.29. The number of rotatable bonds is 8. The lowest BCUT2D eigenvalue weighted by Crippen LogP contribution is -2.47. The molecule has 1 unspecified atom stereocenters. The number of guanidine groups is 1. The van der Waals surface area contributed by atoms with Gasteiger partial charge in [-0.05, 0) is 26.2 Å². The third-order valence-corrected chi connectivity index (χ3v) is 5.28. The second-order valence-corrected chi connectivity index (χ2v) is 7.29. The van der Waals surface area contributed by atoms with Crippen molar-refractivity contribution in [2.45, 2.75) is 84.8 Å². The van der Waals surface area contributed by atoms with Crippen LogP contribution in [0.25, 0.3) is 0 Å². The lowest BCUT2D eigenvalue weighted by atomic mass is 9.99. The Morgan fingerprint density at radius 1 is 1.31 bits per heavy atom. The lowest BCUT2D eigenvalue weighted by Gasteiger charge is -2.25. The molecule has 2 N–H and O–H groups in total. The fraction of sp³-hybridized carbons (Fsp3) is 0.700. The van der Waals surface area contributed by atoms with E-state index >= 15 is 0 Å². The number of fused-ring (bicyclic) bond motifs is 1. The van der Waals surface area contributed by atoms with Gasteiger partial charge in [-0.25, -0.2) is 14.7 Å². The fourth-order valence-corrected chi connectivity index (χ4v) is 3.60. The van der Waals surface area contributed by atoms with E-state index in [1.807, 2.05) is 10.7 Å². The van der Waals surface area contributed by atoms with E-state index in [1.165, 1.54) is 0 Å². The highest BCUT2D eigenvalue weighted by atomic mass is 127. The summed E-state index contributed by atoms with van der Waals surface area (Å²) in [5.41, 5.74) is 1.03. The molecule has 0 bridgehead atoms. The van der Waals surface area contributed by atoms with Crippen LogP contribution in [0.15, 0.2) is 15.6 Å². The van der Waals surface area contributed by atoms with Crippen LogP contribution in [0.2, 0.25) is 0 Å². The van der Waals surface area contributed by atoms with Gasteiger partial charge in [0.25, 0.3) is 0 Å². The zero-order chi connectivity index (χ0) is 19.9. The Morgan fingerprint density at radius 2 is 2.10 bits per heavy atom. The highest BCUT2D eigenvalue weighted by Crippen LogP contribution is 2.22. The number of aliphatic imine (C=N–C) groups is 1. The third-order valence-electron chi connectivity index (χ3n) is 5.28. The average molecular weight is 515 g/mol. The molecule has 29 heavy (non-hydrogen) atoms. The van der Waals surface area contributed by atoms with E-state index in [2.05, 4.69) is 53.6 Å². The van der Waals surface area contributed by atoms with E-state index in [0.717, 1.165) is 74.3 Å². The molecular weight excluding hydrogens is 481 g/mol. The Hall–Kier alpha value is -1.65. The molecule has 1 aliphatic heterocycles.